The van der Waals surface area contributed by atoms with Crippen LogP contribution in [0.25, 0.3) is 6.08 Å². The minimum absolute atomic E-state index is 0.0733. The largest absolute Gasteiger partial charge is 0.494 e. The lowest BCUT2D eigenvalue weighted by atomic mass is 10.1. The Morgan fingerprint density at radius 2 is 1.74 bits per heavy atom. The van der Waals surface area contributed by atoms with Crippen LogP contribution in [-0.4, -0.2) is 29.5 Å². The monoisotopic (exact) mass is 426 g/mol. The number of unbranched alkanes of at least 4 members (excludes halogenated alkanes) is 1. The molecule has 0 unspecified atom stereocenters. The molecule has 0 spiro atoms. The lowest BCUT2D eigenvalue weighted by Gasteiger charge is -2.13. The number of nitro benzene ring substituents is 1. The van der Waals surface area contributed by atoms with Crippen LogP contribution in [0.2, 0.25) is 0 Å². The summed E-state index contributed by atoms with van der Waals surface area (Å²) in [6.45, 7) is 6.06. The normalized spacial score (nSPS) is 11.2. The molecule has 0 saturated carbocycles. The molecular weight excluding hydrogens is 400 g/mol. The maximum absolute atomic E-state index is 12.7. The zero-order valence-electron chi connectivity index (χ0n) is 17.8. The van der Waals surface area contributed by atoms with Crippen molar-refractivity contribution < 1.29 is 24.0 Å². The highest BCUT2D eigenvalue weighted by atomic mass is 16.6. The molecule has 2 aromatic rings. The minimum Gasteiger partial charge on any atom is -0.494 e. The molecule has 0 atom stereocenters. The number of hydrogen-bond acceptors (Lipinski definition) is 6. The van der Waals surface area contributed by atoms with E-state index in [2.05, 4.69) is 12.2 Å². The quantitative estimate of drug-likeness (QED) is 0.197. The molecule has 31 heavy (non-hydrogen) atoms. The predicted molar refractivity (Wildman–Crippen MR) is 117 cm³/mol. The molecule has 0 fully saturated rings. The molecule has 2 aromatic carbocycles. The third-order valence-corrected chi connectivity index (χ3v) is 4.11. The fourth-order valence-corrected chi connectivity index (χ4v) is 2.51. The van der Waals surface area contributed by atoms with Crippen LogP contribution >= 0.6 is 0 Å². The number of amides is 1. The molecule has 0 radical (unpaired) electrons. The fraction of sp³-hybridized carbons (Fsp3) is 0.304. The summed E-state index contributed by atoms with van der Waals surface area (Å²) in [5.74, 6) is -0.541. The third kappa shape index (κ3) is 7.58. The number of hydrogen-bond donors (Lipinski definition) is 1. The van der Waals surface area contributed by atoms with E-state index in [1.54, 1.807) is 38.1 Å². The molecular formula is C23H26N2O6. The number of carbonyl (C=O) groups is 2. The molecule has 0 aliphatic heterocycles. The van der Waals surface area contributed by atoms with Crippen molar-refractivity contribution in [2.24, 2.45) is 0 Å². The van der Waals surface area contributed by atoms with Gasteiger partial charge in [-0.2, -0.15) is 0 Å². The Morgan fingerprint density at radius 3 is 2.29 bits per heavy atom. The van der Waals surface area contributed by atoms with Crippen LogP contribution in [0.15, 0.2) is 54.2 Å². The summed E-state index contributed by atoms with van der Waals surface area (Å²) in [7, 11) is 0. The molecule has 2 rings (SSSR count). The molecule has 0 saturated heterocycles. The highest BCUT2D eigenvalue weighted by Gasteiger charge is 2.17. The van der Waals surface area contributed by atoms with Crippen LogP contribution < -0.4 is 10.1 Å². The number of nitrogens with one attached hydrogen (secondary N) is 1. The second-order valence-corrected chi connectivity index (χ2v) is 7.04. The highest BCUT2D eigenvalue weighted by molar-refractivity contribution is 6.03. The van der Waals surface area contributed by atoms with Crippen molar-refractivity contribution in [1.29, 1.82) is 0 Å². The molecule has 0 bridgehead atoms. The van der Waals surface area contributed by atoms with Crippen molar-refractivity contribution in [2.75, 3.05) is 6.61 Å². The maximum Gasteiger partial charge on any atom is 0.355 e. The van der Waals surface area contributed by atoms with Crippen LogP contribution in [-0.2, 0) is 9.53 Å². The predicted octanol–water partition coefficient (Wildman–Crippen LogP) is 4.50. The summed E-state index contributed by atoms with van der Waals surface area (Å²) in [5.41, 5.74) is 0.695. The molecule has 1 amide bonds. The smallest absolute Gasteiger partial charge is 0.355 e. The molecule has 0 aromatic heterocycles. The molecule has 0 aliphatic rings. The van der Waals surface area contributed by atoms with Crippen molar-refractivity contribution in [2.45, 2.75) is 39.7 Å². The van der Waals surface area contributed by atoms with Crippen LogP contribution in [0, 0.1) is 10.1 Å². The van der Waals surface area contributed by atoms with Gasteiger partial charge in [-0.1, -0.05) is 13.3 Å². The van der Waals surface area contributed by atoms with Gasteiger partial charge in [-0.05, 0) is 68.3 Å². The first-order valence-electron chi connectivity index (χ1n) is 10.0. The van der Waals surface area contributed by atoms with Crippen molar-refractivity contribution >= 4 is 23.6 Å². The number of esters is 1. The van der Waals surface area contributed by atoms with Gasteiger partial charge in [0.15, 0.2) is 0 Å². The summed E-state index contributed by atoms with van der Waals surface area (Å²) in [6, 6.07) is 12.2. The van der Waals surface area contributed by atoms with Gasteiger partial charge in [-0.25, -0.2) is 4.79 Å². The fourth-order valence-electron chi connectivity index (χ4n) is 2.51. The van der Waals surface area contributed by atoms with Crippen LogP contribution in [0.3, 0.4) is 0 Å². The van der Waals surface area contributed by atoms with Crippen molar-refractivity contribution in [3.63, 3.8) is 0 Å². The van der Waals surface area contributed by atoms with E-state index in [-0.39, 0.29) is 17.5 Å². The highest BCUT2D eigenvalue weighted by Crippen LogP contribution is 2.16. The van der Waals surface area contributed by atoms with Gasteiger partial charge in [0.1, 0.15) is 11.4 Å². The summed E-state index contributed by atoms with van der Waals surface area (Å²) in [5, 5.41) is 13.4. The van der Waals surface area contributed by atoms with E-state index in [4.69, 9.17) is 9.47 Å². The number of non-ortho nitro benzene ring substituents is 1. The first-order chi connectivity index (χ1) is 14.8. The number of rotatable bonds is 10. The first kappa shape index (κ1) is 23.6. The standard InChI is InChI=1S/C23H26N2O6/c1-4-5-14-30-20-12-8-18(9-13-20)22(26)24-21(23(27)31-16(2)3)15-17-6-10-19(11-7-17)25(28)29/h6-13,15-16H,4-5,14H2,1-3H3,(H,24,26)/b21-15+. The van der Waals surface area contributed by atoms with E-state index in [0.717, 1.165) is 12.8 Å². The van der Waals surface area contributed by atoms with Gasteiger partial charge in [0.25, 0.3) is 11.6 Å². The van der Waals surface area contributed by atoms with Crippen LogP contribution in [0.5, 0.6) is 5.75 Å². The van der Waals surface area contributed by atoms with E-state index in [1.165, 1.54) is 30.3 Å². The molecule has 8 nitrogen and oxygen atoms in total. The van der Waals surface area contributed by atoms with Crippen LogP contribution in [0.1, 0.15) is 49.5 Å². The Hall–Kier alpha value is -3.68. The average Bonchev–Trinajstić information content (AvgIpc) is 2.73. The van der Waals surface area contributed by atoms with Crippen LogP contribution in [0.4, 0.5) is 5.69 Å². The van der Waals surface area contributed by atoms with E-state index in [0.29, 0.717) is 23.5 Å². The van der Waals surface area contributed by atoms with Gasteiger partial charge < -0.3 is 14.8 Å². The molecule has 0 heterocycles. The first-order valence-corrected chi connectivity index (χ1v) is 10.0. The zero-order valence-corrected chi connectivity index (χ0v) is 17.8. The summed E-state index contributed by atoms with van der Waals surface area (Å²) < 4.78 is 10.8. The maximum atomic E-state index is 12.7. The van der Waals surface area contributed by atoms with E-state index < -0.39 is 16.8 Å². The topological polar surface area (TPSA) is 108 Å². The number of nitro groups is 1. The number of carbonyl (C=O) groups excluding carboxylic acids is 2. The number of ether oxygens (including phenoxy) is 2. The van der Waals surface area contributed by atoms with Gasteiger partial charge >= 0.3 is 5.97 Å². The lowest BCUT2D eigenvalue weighted by Crippen LogP contribution is -2.29. The van der Waals surface area contributed by atoms with E-state index in [1.807, 2.05) is 0 Å². The molecule has 0 aliphatic carbocycles. The number of benzene rings is 2. The SMILES string of the molecule is CCCCOc1ccc(C(=O)N/C(=C/c2ccc([N+](=O)[O-])cc2)C(=O)OC(C)C)cc1. The Labute approximate surface area is 181 Å². The second kappa shape index (κ2) is 11.5. The van der Waals surface area contributed by atoms with E-state index >= 15 is 0 Å². The summed E-state index contributed by atoms with van der Waals surface area (Å²) in [4.78, 5) is 35.4. The molecule has 8 heteroatoms. The minimum atomic E-state index is -0.707. The Morgan fingerprint density at radius 1 is 1.10 bits per heavy atom. The van der Waals surface area contributed by atoms with Crippen molar-refractivity contribution in [3.8, 4) is 5.75 Å². The van der Waals surface area contributed by atoms with Crippen molar-refractivity contribution in [3.05, 3.63) is 75.5 Å². The Kier molecular flexibility index (Phi) is 8.75. The average molecular weight is 426 g/mol. The van der Waals surface area contributed by atoms with Gasteiger partial charge in [0.2, 0.25) is 0 Å². The summed E-state index contributed by atoms with van der Waals surface area (Å²) in [6.07, 6.45) is 2.99. The Balaban J connectivity index is 2.19. The van der Waals surface area contributed by atoms with Gasteiger partial charge in [0, 0.05) is 17.7 Å². The third-order valence-electron chi connectivity index (χ3n) is 4.11. The molecule has 1 N–H and O–H groups in total. The van der Waals surface area contributed by atoms with Gasteiger partial charge in [-0.3, -0.25) is 14.9 Å². The van der Waals surface area contributed by atoms with Gasteiger partial charge in [0.05, 0.1) is 17.6 Å². The number of nitrogens with zero attached hydrogens (tertiary/aromatic N) is 1. The Bertz CT molecular complexity index is 934. The summed E-state index contributed by atoms with van der Waals surface area (Å²) >= 11 is 0. The lowest BCUT2D eigenvalue weighted by molar-refractivity contribution is -0.384. The molecule has 164 valence electrons. The van der Waals surface area contributed by atoms with E-state index in [9.17, 15) is 19.7 Å². The zero-order chi connectivity index (χ0) is 22.8. The second-order valence-electron chi connectivity index (χ2n) is 7.04. The van der Waals surface area contributed by atoms with Crippen molar-refractivity contribution in [1.82, 2.24) is 5.32 Å². The van der Waals surface area contributed by atoms with Gasteiger partial charge in [-0.15, -0.1) is 0 Å².